The Bertz CT molecular complexity index is 599. The molecule has 0 fully saturated rings. The van der Waals surface area contributed by atoms with E-state index in [2.05, 4.69) is 10.3 Å². The highest BCUT2D eigenvalue weighted by Crippen LogP contribution is 2.29. The normalized spacial score (nSPS) is 10.7. The van der Waals surface area contributed by atoms with E-state index < -0.39 is 0 Å². The molecule has 0 saturated heterocycles. The van der Waals surface area contributed by atoms with Crippen molar-refractivity contribution < 1.29 is 9.47 Å². The maximum Gasteiger partial charge on any atom is 0.207 e. The van der Waals surface area contributed by atoms with E-state index in [0.29, 0.717) is 11.6 Å². The fourth-order valence-electron chi connectivity index (χ4n) is 2.07. The van der Waals surface area contributed by atoms with Crippen LogP contribution in [0.5, 0.6) is 5.75 Å². The third kappa shape index (κ3) is 3.89. The van der Waals surface area contributed by atoms with Gasteiger partial charge < -0.3 is 14.8 Å². The number of aryl methyl sites for hydroxylation is 1. The molecule has 0 aliphatic heterocycles. The van der Waals surface area contributed by atoms with Crippen LogP contribution in [0.1, 0.15) is 12.1 Å². The molecule has 0 aliphatic rings. The van der Waals surface area contributed by atoms with E-state index in [1.807, 2.05) is 29.8 Å². The molecular weight excluding hydrogens is 290 g/mol. The van der Waals surface area contributed by atoms with Gasteiger partial charge in [-0.3, -0.25) is 4.57 Å². The second-order valence-corrected chi connectivity index (χ2v) is 5.10. The smallest absolute Gasteiger partial charge is 0.207 e. The van der Waals surface area contributed by atoms with Gasteiger partial charge in [0.15, 0.2) is 0 Å². The SMILES string of the molecule is COCCCNc1nc(C)cn1-c1cc(Cl)ccc1OC. The summed E-state index contributed by atoms with van der Waals surface area (Å²) >= 11 is 6.10. The van der Waals surface area contributed by atoms with Gasteiger partial charge in [-0.05, 0) is 31.5 Å². The Morgan fingerprint density at radius 2 is 2.14 bits per heavy atom. The Kier molecular flexibility index (Phi) is 5.47. The molecule has 2 rings (SSSR count). The van der Waals surface area contributed by atoms with Crippen LogP contribution < -0.4 is 10.1 Å². The monoisotopic (exact) mass is 309 g/mol. The van der Waals surface area contributed by atoms with Crippen LogP contribution in [0.15, 0.2) is 24.4 Å². The number of rotatable bonds is 7. The first-order valence-corrected chi connectivity index (χ1v) is 7.16. The fraction of sp³-hybridized carbons (Fsp3) is 0.400. The second kappa shape index (κ2) is 7.33. The molecule has 0 radical (unpaired) electrons. The maximum atomic E-state index is 6.10. The van der Waals surface area contributed by atoms with Gasteiger partial charge >= 0.3 is 0 Å². The van der Waals surface area contributed by atoms with Crippen LogP contribution in [-0.2, 0) is 4.74 Å². The van der Waals surface area contributed by atoms with Gasteiger partial charge in [0.1, 0.15) is 5.75 Å². The number of nitrogens with zero attached hydrogens (tertiary/aromatic N) is 2. The summed E-state index contributed by atoms with van der Waals surface area (Å²) < 4.78 is 12.4. The standard InChI is InChI=1S/C15H20ClN3O2/c1-11-10-19(15(18-11)17-7-4-8-20-2)13-9-12(16)5-6-14(13)21-3/h5-6,9-10H,4,7-8H2,1-3H3,(H,17,18). The van der Waals surface area contributed by atoms with Crippen LogP contribution in [0.25, 0.3) is 5.69 Å². The molecule has 21 heavy (non-hydrogen) atoms. The zero-order chi connectivity index (χ0) is 15.2. The molecule has 1 aromatic carbocycles. The van der Waals surface area contributed by atoms with Crippen molar-refractivity contribution in [1.29, 1.82) is 0 Å². The maximum absolute atomic E-state index is 6.10. The van der Waals surface area contributed by atoms with E-state index in [9.17, 15) is 0 Å². The van der Waals surface area contributed by atoms with Gasteiger partial charge in [-0.15, -0.1) is 0 Å². The summed E-state index contributed by atoms with van der Waals surface area (Å²) in [5.74, 6) is 1.51. The summed E-state index contributed by atoms with van der Waals surface area (Å²) in [6.45, 7) is 3.45. The van der Waals surface area contributed by atoms with Gasteiger partial charge in [0.05, 0.1) is 18.5 Å². The third-order valence-corrected chi connectivity index (χ3v) is 3.27. The molecule has 6 heteroatoms. The highest BCUT2D eigenvalue weighted by molar-refractivity contribution is 6.30. The lowest BCUT2D eigenvalue weighted by molar-refractivity contribution is 0.197. The van der Waals surface area contributed by atoms with Crippen molar-refractivity contribution in [1.82, 2.24) is 9.55 Å². The zero-order valence-electron chi connectivity index (χ0n) is 12.5. The minimum absolute atomic E-state index is 0.655. The Balaban J connectivity index is 2.29. The highest BCUT2D eigenvalue weighted by atomic mass is 35.5. The molecule has 0 spiro atoms. The second-order valence-electron chi connectivity index (χ2n) is 4.67. The van der Waals surface area contributed by atoms with Crippen molar-refractivity contribution in [2.24, 2.45) is 0 Å². The third-order valence-electron chi connectivity index (χ3n) is 3.04. The minimum Gasteiger partial charge on any atom is -0.495 e. The van der Waals surface area contributed by atoms with E-state index in [1.54, 1.807) is 20.3 Å². The zero-order valence-corrected chi connectivity index (χ0v) is 13.3. The Hall–Kier alpha value is -1.72. The Morgan fingerprint density at radius 1 is 1.33 bits per heavy atom. The van der Waals surface area contributed by atoms with Crippen molar-refractivity contribution in [2.75, 3.05) is 32.7 Å². The van der Waals surface area contributed by atoms with Gasteiger partial charge in [-0.1, -0.05) is 11.6 Å². The predicted octanol–water partition coefficient (Wildman–Crippen LogP) is 3.29. The molecule has 1 heterocycles. The topological polar surface area (TPSA) is 48.3 Å². The number of hydrogen-bond acceptors (Lipinski definition) is 4. The van der Waals surface area contributed by atoms with Gasteiger partial charge in [0.25, 0.3) is 0 Å². The summed E-state index contributed by atoms with van der Waals surface area (Å²) in [6.07, 6.45) is 2.86. The van der Waals surface area contributed by atoms with Crippen LogP contribution in [-0.4, -0.2) is 36.9 Å². The lowest BCUT2D eigenvalue weighted by Gasteiger charge is -2.13. The first-order valence-electron chi connectivity index (χ1n) is 6.78. The number of hydrogen-bond donors (Lipinski definition) is 1. The average Bonchev–Trinajstić information content (AvgIpc) is 2.84. The van der Waals surface area contributed by atoms with Gasteiger partial charge in [0, 0.05) is 31.5 Å². The summed E-state index contributed by atoms with van der Waals surface area (Å²) in [7, 11) is 3.34. The molecule has 5 nitrogen and oxygen atoms in total. The first-order chi connectivity index (χ1) is 10.2. The molecular formula is C15H20ClN3O2. The van der Waals surface area contributed by atoms with Crippen LogP contribution in [0.4, 0.5) is 5.95 Å². The summed E-state index contributed by atoms with van der Waals surface area (Å²) in [4.78, 5) is 4.50. The summed E-state index contributed by atoms with van der Waals surface area (Å²) in [5, 5.41) is 3.97. The van der Waals surface area contributed by atoms with Crippen molar-refractivity contribution in [3.05, 3.63) is 35.1 Å². The van der Waals surface area contributed by atoms with E-state index in [1.165, 1.54) is 0 Å². The van der Waals surface area contributed by atoms with Gasteiger partial charge in [0.2, 0.25) is 5.95 Å². The molecule has 0 unspecified atom stereocenters. The van der Waals surface area contributed by atoms with Crippen LogP contribution in [0.2, 0.25) is 5.02 Å². The van der Waals surface area contributed by atoms with Gasteiger partial charge in [-0.25, -0.2) is 4.98 Å². The van der Waals surface area contributed by atoms with Crippen LogP contribution in [0.3, 0.4) is 0 Å². The highest BCUT2D eigenvalue weighted by Gasteiger charge is 2.12. The number of halogens is 1. The largest absolute Gasteiger partial charge is 0.495 e. The predicted molar refractivity (Wildman–Crippen MR) is 84.8 cm³/mol. The lowest BCUT2D eigenvalue weighted by atomic mass is 10.3. The van der Waals surface area contributed by atoms with Crippen molar-refractivity contribution in [2.45, 2.75) is 13.3 Å². The molecule has 0 bridgehead atoms. The molecule has 0 atom stereocenters. The molecule has 1 aromatic heterocycles. The Morgan fingerprint density at radius 3 is 2.86 bits per heavy atom. The summed E-state index contributed by atoms with van der Waals surface area (Å²) in [6, 6.07) is 5.52. The summed E-state index contributed by atoms with van der Waals surface area (Å²) in [5.41, 5.74) is 1.78. The molecule has 0 aliphatic carbocycles. The average molecular weight is 310 g/mol. The fourth-order valence-corrected chi connectivity index (χ4v) is 2.24. The molecule has 114 valence electrons. The lowest BCUT2D eigenvalue weighted by Crippen LogP contribution is -2.10. The van der Waals surface area contributed by atoms with Crippen molar-refractivity contribution in [3.8, 4) is 11.4 Å². The molecule has 2 aromatic rings. The van der Waals surface area contributed by atoms with E-state index >= 15 is 0 Å². The number of methoxy groups -OCH3 is 2. The van der Waals surface area contributed by atoms with E-state index in [-0.39, 0.29) is 0 Å². The molecule has 0 saturated carbocycles. The van der Waals surface area contributed by atoms with Crippen molar-refractivity contribution in [3.63, 3.8) is 0 Å². The number of imidazole rings is 1. The van der Waals surface area contributed by atoms with E-state index in [0.717, 1.165) is 36.0 Å². The molecule has 0 amide bonds. The number of ether oxygens (including phenoxy) is 2. The number of aromatic nitrogens is 2. The first kappa shape index (κ1) is 15.7. The van der Waals surface area contributed by atoms with Crippen molar-refractivity contribution >= 4 is 17.5 Å². The Labute approximate surface area is 129 Å². The minimum atomic E-state index is 0.655. The van der Waals surface area contributed by atoms with Crippen LogP contribution >= 0.6 is 11.6 Å². The van der Waals surface area contributed by atoms with Crippen LogP contribution in [0, 0.1) is 6.92 Å². The van der Waals surface area contributed by atoms with E-state index in [4.69, 9.17) is 21.1 Å². The number of nitrogens with one attached hydrogen (secondary N) is 1. The molecule has 1 N–H and O–H groups in total. The quantitative estimate of drug-likeness (QED) is 0.797. The number of benzene rings is 1. The van der Waals surface area contributed by atoms with Gasteiger partial charge in [-0.2, -0.15) is 0 Å². The number of anilines is 1.